The van der Waals surface area contributed by atoms with E-state index in [0.29, 0.717) is 0 Å². The van der Waals surface area contributed by atoms with E-state index in [1.165, 1.54) is 25.0 Å². The molecule has 2 atom stereocenters. The second kappa shape index (κ2) is 4.15. The van der Waals surface area contributed by atoms with Crippen LogP contribution in [0.3, 0.4) is 0 Å². The average molecular weight is 279 g/mol. The van der Waals surface area contributed by atoms with E-state index in [4.69, 9.17) is 5.14 Å². The van der Waals surface area contributed by atoms with Crippen LogP contribution in [0.1, 0.15) is 37.2 Å². The van der Waals surface area contributed by atoms with Gasteiger partial charge in [0, 0.05) is 11.8 Å². The number of sulfonamides is 1. The molecule has 3 rings (SSSR count). The number of nitrogens with two attached hydrogens (primary N) is 1. The zero-order chi connectivity index (χ0) is 13.7. The van der Waals surface area contributed by atoms with Crippen LogP contribution in [0.25, 0.3) is 0 Å². The summed E-state index contributed by atoms with van der Waals surface area (Å²) in [5.74, 6) is 0.373. The fourth-order valence-electron chi connectivity index (χ4n) is 3.82. The molecule has 5 heteroatoms. The number of rotatable bonds is 3. The standard InChI is InChI=1S/C14H17NO3S/c15-19(17,18)11-5-3-10(4-6-11)13-12(9-16)14(13)7-1-2-8-14/h3-6,9,12-13H,1-2,7-8H2,(H2,15,17,18). The summed E-state index contributed by atoms with van der Waals surface area (Å²) in [4.78, 5) is 11.3. The van der Waals surface area contributed by atoms with E-state index in [1.54, 1.807) is 12.1 Å². The van der Waals surface area contributed by atoms with Crippen molar-refractivity contribution in [2.24, 2.45) is 16.5 Å². The molecule has 1 spiro atoms. The molecule has 2 unspecified atom stereocenters. The SMILES string of the molecule is NS(=O)(=O)c1ccc(C2C(C=O)C23CCCC3)cc1. The monoisotopic (exact) mass is 279 g/mol. The first-order chi connectivity index (χ1) is 8.99. The lowest BCUT2D eigenvalue weighted by molar-refractivity contribution is -0.109. The predicted octanol–water partition coefficient (Wildman–Crippen LogP) is 1.81. The number of benzene rings is 1. The van der Waals surface area contributed by atoms with Gasteiger partial charge in [0.2, 0.25) is 10.0 Å². The van der Waals surface area contributed by atoms with E-state index >= 15 is 0 Å². The molecule has 1 aromatic carbocycles. The van der Waals surface area contributed by atoms with E-state index in [0.717, 1.165) is 24.7 Å². The Bertz CT molecular complexity index is 600. The number of hydrogen-bond acceptors (Lipinski definition) is 3. The first-order valence-electron chi connectivity index (χ1n) is 6.57. The lowest BCUT2D eigenvalue weighted by atomic mass is 9.97. The Kier molecular flexibility index (Phi) is 2.80. The molecule has 0 radical (unpaired) electrons. The minimum Gasteiger partial charge on any atom is -0.303 e. The quantitative estimate of drug-likeness (QED) is 0.857. The second-order valence-corrected chi connectivity index (χ2v) is 7.26. The molecule has 2 aliphatic rings. The van der Waals surface area contributed by atoms with Gasteiger partial charge in [0.15, 0.2) is 0 Å². The predicted molar refractivity (Wildman–Crippen MR) is 71.0 cm³/mol. The Hall–Kier alpha value is -1.20. The first kappa shape index (κ1) is 12.8. The smallest absolute Gasteiger partial charge is 0.238 e. The number of hydrogen-bond donors (Lipinski definition) is 1. The van der Waals surface area contributed by atoms with Gasteiger partial charge in [-0.15, -0.1) is 0 Å². The van der Waals surface area contributed by atoms with E-state index in [-0.39, 0.29) is 22.1 Å². The van der Waals surface area contributed by atoms with Gasteiger partial charge >= 0.3 is 0 Å². The molecule has 102 valence electrons. The van der Waals surface area contributed by atoms with Crippen LogP contribution in [0.15, 0.2) is 29.2 Å². The van der Waals surface area contributed by atoms with E-state index < -0.39 is 10.0 Å². The van der Waals surface area contributed by atoms with Crippen molar-refractivity contribution >= 4 is 16.3 Å². The van der Waals surface area contributed by atoms with Gasteiger partial charge in [-0.05, 0) is 36.0 Å². The number of carbonyl (C=O) groups is 1. The van der Waals surface area contributed by atoms with E-state index in [1.807, 2.05) is 0 Å². The molecule has 0 heterocycles. The van der Waals surface area contributed by atoms with Crippen molar-refractivity contribution in [3.63, 3.8) is 0 Å². The van der Waals surface area contributed by atoms with Crippen molar-refractivity contribution < 1.29 is 13.2 Å². The second-order valence-electron chi connectivity index (χ2n) is 5.69. The summed E-state index contributed by atoms with van der Waals surface area (Å²) < 4.78 is 22.4. The van der Waals surface area contributed by atoms with Gasteiger partial charge in [-0.25, -0.2) is 13.6 Å². The zero-order valence-electron chi connectivity index (χ0n) is 10.6. The summed E-state index contributed by atoms with van der Waals surface area (Å²) in [5.41, 5.74) is 1.22. The van der Waals surface area contributed by atoms with Gasteiger partial charge in [-0.3, -0.25) is 0 Å². The third kappa shape index (κ3) is 1.92. The normalized spacial score (nSPS) is 28.5. The number of carbonyl (C=O) groups excluding carboxylic acids is 1. The maximum absolute atomic E-state index is 11.2. The summed E-state index contributed by atoms with van der Waals surface area (Å²) in [6, 6.07) is 6.67. The minimum absolute atomic E-state index is 0.107. The first-order valence-corrected chi connectivity index (χ1v) is 8.12. The molecule has 0 bridgehead atoms. The summed E-state index contributed by atoms with van der Waals surface area (Å²) >= 11 is 0. The fraction of sp³-hybridized carbons (Fsp3) is 0.500. The molecular formula is C14H17NO3S. The van der Waals surface area contributed by atoms with Crippen LogP contribution < -0.4 is 5.14 Å². The topological polar surface area (TPSA) is 77.2 Å². The summed E-state index contributed by atoms with van der Waals surface area (Å²) in [6.45, 7) is 0. The van der Waals surface area contributed by atoms with Crippen LogP contribution in [0.2, 0.25) is 0 Å². The highest BCUT2D eigenvalue weighted by Gasteiger charge is 2.65. The van der Waals surface area contributed by atoms with Crippen LogP contribution >= 0.6 is 0 Å². The maximum Gasteiger partial charge on any atom is 0.238 e. The molecule has 4 nitrogen and oxygen atoms in total. The van der Waals surface area contributed by atoms with Crippen LogP contribution in [0.4, 0.5) is 0 Å². The summed E-state index contributed by atoms with van der Waals surface area (Å²) in [5, 5.41) is 5.08. The van der Waals surface area contributed by atoms with Crippen LogP contribution in [-0.4, -0.2) is 14.7 Å². The summed E-state index contributed by atoms with van der Waals surface area (Å²) in [6.07, 6.45) is 5.67. The average Bonchev–Trinajstić information content (AvgIpc) is 2.72. The number of primary sulfonamides is 1. The molecular weight excluding hydrogens is 262 g/mol. The Morgan fingerprint density at radius 2 is 1.74 bits per heavy atom. The Morgan fingerprint density at radius 1 is 1.16 bits per heavy atom. The molecule has 19 heavy (non-hydrogen) atoms. The van der Waals surface area contributed by atoms with E-state index in [2.05, 4.69) is 0 Å². The Labute approximate surface area is 113 Å². The molecule has 2 aliphatic carbocycles. The largest absolute Gasteiger partial charge is 0.303 e. The number of aldehydes is 1. The van der Waals surface area contributed by atoms with Crippen LogP contribution in [-0.2, 0) is 14.8 Å². The van der Waals surface area contributed by atoms with Gasteiger partial charge in [0.1, 0.15) is 6.29 Å². The van der Waals surface area contributed by atoms with Crippen molar-refractivity contribution in [2.45, 2.75) is 36.5 Å². The molecule has 2 fully saturated rings. The highest BCUT2D eigenvalue weighted by atomic mass is 32.2. The maximum atomic E-state index is 11.2. The third-order valence-corrected chi connectivity index (χ3v) is 5.71. The van der Waals surface area contributed by atoms with Crippen molar-refractivity contribution in [3.8, 4) is 0 Å². The minimum atomic E-state index is -3.64. The van der Waals surface area contributed by atoms with Gasteiger partial charge < -0.3 is 4.79 Å². The highest BCUT2D eigenvalue weighted by molar-refractivity contribution is 7.89. The Balaban J connectivity index is 1.90. The molecule has 0 saturated heterocycles. The molecule has 2 N–H and O–H groups in total. The van der Waals surface area contributed by atoms with Crippen molar-refractivity contribution in [3.05, 3.63) is 29.8 Å². The summed E-state index contributed by atoms with van der Waals surface area (Å²) in [7, 11) is -3.64. The van der Waals surface area contributed by atoms with E-state index in [9.17, 15) is 13.2 Å². The van der Waals surface area contributed by atoms with Crippen LogP contribution in [0, 0.1) is 11.3 Å². The zero-order valence-corrected chi connectivity index (χ0v) is 11.4. The molecule has 0 aromatic heterocycles. The molecule has 1 aromatic rings. The highest BCUT2D eigenvalue weighted by Crippen LogP contribution is 2.71. The van der Waals surface area contributed by atoms with Gasteiger partial charge in [0.05, 0.1) is 4.90 Å². The fourth-order valence-corrected chi connectivity index (χ4v) is 4.33. The van der Waals surface area contributed by atoms with Crippen molar-refractivity contribution in [1.82, 2.24) is 0 Å². The van der Waals surface area contributed by atoms with Crippen LogP contribution in [0.5, 0.6) is 0 Å². The lowest BCUT2D eigenvalue weighted by Crippen LogP contribution is -2.11. The van der Waals surface area contributed by atoms with Gasteiger partial charge in [0.25, 0.3) is 0 Å². The molecule has 2 saturated carbocycles. The molecule has 0 amide bonds. The van der Waals surface area contributed by atoms with Gasteiger partial charge in [-0.2, -0.15) is 0 Å². The lowest BCUT2D eigenvalue weighted by Gasteiger charge is -2.08. The van der Waals surface area contributed by atoms with Crippen molar-refractivity contribution in [1.29, 1.82) is 0 Å². The molecule has 0 aliphatic heterocycles. The Morgan fingerprint density at radius 3 is 2.21 bits per heavy atom. The third-order valence-electron chi connectivity index (χ3n) is 4.78. The van der Waals surface area contributed by atoms with Crippen molar-refractivity contribution in [2.75, 3.05) is 0 Å². The van der Waals surface area contributed by atoms with Gasteiger partial charge in [-0.1, -0.05) is 25.0 Å².